The first-order valence-electron chi connectivity index (χ1n) is 7.28. The van der Waals surface area contributed by atoms with E-state index in [-0.39, 0.29) is 5.91 Å². The lowest BCUT2D eigenvalue weighted by Gasteiger charge is -2.30. The molecule has 0 saturated carbocycles. The minimum absolute atomic E-state index is 0.152. The number of allylic oxidation sites excluding steroid dienone is 1. The average Bonchev–Trinajstić information content (AvgIpc) is 3.01. The molecule has 3 heterocycles. The monoisotopic (exact) mass is 366 g/mol. The summed E-state index contributed by atoms with van der Waals surface area (Å²) in [5.74, 6) is 0.880. The normalized spacial score (nSPS) is 16.6. The van der Waals surface area contributed by atoms with E-state index in [1.165, 1.54) is 0 Å². The van der Waals surface area contributed by atoms with Crippen molar-refractivity contribution in [1.29, 1.82) is 0 Å². The number of hydrogen-bond acceptors (Lipinski definition) is 2. The SMILES string of the molecule is C=CCn1c(C(=O)N2CCC(C)CC2)cc2scc(Br)c21. The molecule has 1 amide bonds. The fourth-order valence-corrected chi connectivity index (χ4v) is 4.59. The van der Waals surface area contributed by atoms with E-state index in [1.54, 1.807) is 11.3 Å². The molecule has 1 saturated heterocycles. The highest BCUT2D eigenvalue weighted by Crippen LogP contribution is 2.34. The lowest BCUT2D eigenvalue weighted by Crippen LogP contribution is -2.38. The van der Waals surface area contributed by atoms with Gasteiger partial charge in [-0.15, -0.1) is 17.9 Å². The molecule has 0 spiro atoms. The molecule has 0 atom stereocenters. The lowest BCUT2D eigenvalue weighted by molar-refractivity contribution is 0.0687. The van der Waals surface area contributed by atoms with Crippen LogP contribution in [0.15, 0.2) is 28.6 Å². The van der Waals surface area contributed by atoms with Crippen molar-refractivity contribution in [2.45, 2.75) is 26.3 Å². The zero-order valence-corrected chi connectivity index (χ0v) is 14.5. The van der Waals surface area contributed by atoms with E-state index >= 15 is 0 Å². The van der Waals surface area contributed by atoms with Crippen LogP contribution in [0.2, 0.25) is 0 Å². The number of hydrogen-bond donors (Lipinski definition) is 0. The van der Waals surface area contributed by atoms with Crippen molar-refractivity contribution < 1.29 is 4.79 Å². The molecule has 1 fully saturated rings. The summed E-state index contributed by atoms with van der Waals surface area (Å²) in [7, 11) is 0. The largest absolute Gasteiger partial charge is 0.337 e. The van der Waals surface area contributed by atoms with Crippen molar-refractivity contribution in [1.82, 2.24) is 9.47 Å². The molecular formula is C16H19BrN2OS. The molecule has 2 aromatic heterocycles. The predicted octanol–water partition coefficient (Wildman–Crippen LogP) is 4.52. The van der Waals surface area contributed by atoms with E-state index in [9.17, 15) is 4.79 Å². The highest BCUT2D eigenvalue weighted by Gasteiger charge is 2.25. The number of nitrogens with zero attached hydrogens (tertiary/aromatic N) is 2. The van der Waals surface area contributed by atoms with Crippen LogP contribution in [0.3, 0.4) is 0 Å². The summed E-state index contributed by atoms with van der Waals surface area (Å²) in [5.41, 5.74) is 1.89. The number of piperidine rings is 1. The van der Waals surface area contributed by atoms with E-state index in [0.29, 0.717) is 6.54 Å². The molecule has 0 N–H and O–H groups in total. The first-order valence-corrected chi connectivity index (χ1v) is 8.95. The van der Waals surface area contributed by atoms with Gasteiger partial charge < -0.3 is 9.47 Å². The second-order valence-electron chi connectivity index (χ2n) is 5.70. The number of rotatable bonds is 3. The van der Waals surface area contributed by atoms with Gasteiger partial charge in [-0.25, -0.2) is 0 Å². The number of likely N-dealkylation sites (tertiary alicyclic amines) is 1. The third-order valence-electron chi connectivity index (χ3n) is 4.18. The zero-order valence-electron chi connectivity index (χ0n) is 12.1. The van der Waals surface area contributed by atoms with E-state index in [1.807, 2.05) is 17.0 Å². The zero-order chi connectivity index (χ0) is 15.0. The van der Waals surface area contributed by atoms with Gasteiger partial charge in [-0.2, -0.15) is 0 Å². The second-order valence-corrected chi connectivity index (χ2v) is 7.47. The van der Waals surface area contributed by atoms with Crippen molar-refractivity contribution in [3.8, 4) is 0 Å². The van der Waals surface area contributed by atoms with Crippen LogP contribution in [-0.4, -0.2) is 28.5 Å². The third kappa shape index (κ3) is 2.69. The number of aromatic nitrogens is 1. The van der Waals surface area contributed by atoms with E-state index < -0.39 is 0 Å². The summed E-state index contributed by atoms with van der Waals surface area (Å²) in [4.78, 5) is 14.8. The molecule has 2 aromatic rings. The number of carbonyl (C=O) groups is 1. The van der Waals surface area contributed by atoms with Crippen LogP contribution in [0.1, 0.15) is 30.3 Å². The van der Waals surface area contributed by atoms with Crippen molar-refractivity contribution in [2.75, 3.05) is 13.1 Å². The molecule has 1 aliphatic heterocycles. The van der Waals surface area contributed by atoms with Gasteiger partial charge in [0.15, 0.2) is 0 Å². The molecule has 0 radical (unpaired) electrons. The lowest BCUT2D eigenvalue weighted by atomic mass is 9.99. The summed E-state index contributed by atoms with van der Waals surface area (Å²) < 4.78 is 4.27. The Balaban J connectivity index is 1.97. The molecule has 112 valence electrons. The summed E-state index contributed by atoms with van der Waals surface area (Å²) >= 11 is 5.25. The van der Waals surface area contributed by atoms with Gasteiger partial charge in [0.05, 0.1) is 14.7 Å². The van der Waals surface area contributed by atoms with Gasteiger partial charge in [0, 0.05) is 25.0 Å². The van der Waals surface area contributed by atoms with Crippen molar-refractivity contribution in [2.24, 2.45) is 5.92 Å². The minimum Gasteiger partial charge on any atom is -0.337 e. The molecule has 0 aliphatic carbocycles. The number of thiophene rings is 1. The Hall–Kier alpha value is -1.07. The predicted molar refractivity (Wildman–Crippen MR) is 92.0 cm³/mol. The Kier molecular flexibility index (Phi) is 4.22. The molecular weight excluding hydrogens is 348 g/mol. The van der Waals surface area contributed by atoms with Crippen molar-refractivity contribution >= 4 is 43.4 Å². The average molecular weight is 367 g/mol. The van der Waals surface area contributed by atoms with Crippen molar-refractivity contribution in [3.05, 3.63) is 34.3 Å². The topological polar surface area (TPSA) is 25.2 Å². The molecule has 21 heavy (non-hydrogen) atoms. The fraction of sp³-hybridized carbons (Fsp3) is 0.438. The molecule has 3 rings (SSSR count). The molecule has 0 unspecified atom stereocenters. The smallest absolute Gasteiger partial charge is 0.270 e. The van der Waals surface area contributed by atoms with Crippen LogP contribution in [0.5, 0.6) is 0 Å². The third-order valence-corrected chi connectivity index (χ3v) is 6.01. The van der Waals surface area contributed by atoms with Crippen LogP contribution in [0.25, 0.3) is 10.2 Å². The molecule has 0 bridgehead atoms. The van der Waals surface area contributed by atoms with Crippen LogP contribution in [0, 0.1) is 5.92 Å². The summed E-state index contributed by atoms with van der Waals surface area (Å²) in [6.45, 7) is 8.48. The van der Waals surface area contributed by atoms with Gasteiger partial charge in [0.1, 0.15) is 5.69 Å². The van der Waals surface area contributed by atoms with Gasteiger partial charge in [-0.05, 0) is 40.8 Å². The van der Waals surface area contributed by atoms with Crippen molar-refractivity contribution in [3.63, 3.8) is 0 Å². The standard InChI is InChI=1S/C16H19BrN2OS/c1-3-6-19-13(9-14-15(19)12(17)10-21-14)16(20)18-7-4-11(2)5-8-18/h3,9-11H,1,4-8H2,2H3. The summed E-state index contributed by atoms with van der Waals surface area (Å²) in [6.07, 6.45) is 4.05. The maximum Gasteiger partial charge on any atom is 0.270 e. The van der Waals surface area contributed by atoms with Gasteiger partial charge >= 0.3 is 0 Å². The van der Waals surface area contributed by atoms with Gasteiger partial charge in [-0.1, -0.05) is 13.0 Å². The van der Waals surface area contributed by atoms with Crippen LogP contribution >= 0.6 is 27.3 Å². The van der Waals surface area contributed by atoms with Crippen LogP contribution < -0.4 is 0 Å². The molecule has 3 nitrogen and oxygen atoms in total. The second kappa shape index (κ2) is 5.97. The van der Waals surface area contributed by atoms with E-state index in [2.05, 4.69) is 39.4 Å². The maximum atomic E-state index is 12.8. The number of carbonyl (C=O) groups excluding carboxylic acids is 1. The Morgan fingerprint density at radius 2 is 2.24 bits per heavy atom. The Bertz CT molecular complexity index is 680. The highest BCUT2D eigenvalue weighted by molar-refractivity contribution is 9.10. The summed E-state index contributed by atoms with van der Waals surface area (Å²) in [6, 6.07) is 2.02. The molecule has 1 aliphatic rings. The van der Waals surface area contributed by atoms with E-state index in [0.717, 1.165) is 52.2 Å². The Morgan fingerprint density at radius 1 is 1.52 bits per heavy atom. The first-order chi connectivity index (χ1) is 10.1. The Labute approximate surface area is 137 Å². The van der Waals surface area contributed by atoms with E-state index in [4.69, 9.17) is 0 Å². The Morgan fingerprint density at radius 3 is 2.90 bits per heavy atom. The van der Waals surface area contributed by atoms with Crippen LogP contribution in [-0.2, 0) is 6.54 Å². The first kappa shape index (κ1) is 14.9. The minimum atomic E-state index is 0.152. The fourth-order valence-electron chi connectivity index (χ4n) is 2.90. The quantitative estimate of drug-likeness (QED) is 0.732. The molecule has 0 aromatic carbocycles. The van der Waals surface area contributed by atoms with Gasteiger partial charge in [-0.3, -0.25) is 4.79 Å². The highest BCUT2D eigenvalue weighted by atomic mass is 79.9. The number of halogens is 1. The number of amides is 1. The van der Waals surface area contributed by atoms with Gasteiger partial charge in [0.2, 0.25) is 0 Å². The summed E-state index contributed by atoms with van der Waals surface area (Å²) in [5, 5.41) is 2.07. The molecule has 5 heteroatoms. The van der Waals surface area contributed by atoms with Crippen LogP contribution in [0.4, 0.5) is 0 Å². The van der Waals surface area contributed by atoms with Gasteiger partial charge in [0.25, 0.3) is 5.91 Å². The number of fused-ring (bicyclic) bond motifs is 1. The maximum absolute atomic E-state index is 12.8.